The van der Waals surface area contributed by atoms with Gasteiger partial charge in [-0.3, -0.25) is 0 Å². The van der Waals surface area contributed by atoms with E-state index >= 15 is 0 Å². The van der Waals surface area contributed by atoms with Crippen LogP contribution in [0.25, 0.3) is 75.1 Å². The summed E-state index contributed by atoms with van der Waals surface area (Å²) in [6.07, 6.45) is 0. The molecule has 1 heterocycles. The van der Waals surface area contributed by atoms with Crippen LogP contribution in [0.1, 0.15) is 0 Å². The molecule has 0 fully saturated rings. The summed E-state index contributed by atoms with van der Waals surface area (Å²) in [5, 5.41) is 7.60. The molecule has 1 aromatic heterocycles. The van der Waals surface area contributed by atoms with Crippen LogP contribution in [-0.4, -0.2) is 0 Å². The highest BCUT2D eigenvalue weighted by Crippen LogP contribution is 2.46. The molecule has 0 saturated carbocycles. The molecular weight excluding hydrogens is 647 g/mol. The van der Waals surface area contributed by atoms with Crippen LogP contribution in [-0.2, 0) is 0 Å². The van der Waals surface area contributed by atoms with Crippen LogP contribution in [0, 0.1) is 0 Å². The number of thiophene rings is 1. The third kappa shape index (κ3) is 5.33. The zero-order valence-corrected chi connectivity index (χ0v) is 29.2. The lowest BCUT2D eigenvalue weighted by Gasteiger charge is -2.29. The van der Waals surface area contributed by atoms with Gasteiger partial charge in [0.2, 0.25) is 0 Å². The normalized spacial score (nSPS) is 11.5. The SMILES string of the molecule is c1ccc(-c2ccc(-c3cccc4ccccc34)cc2N(c2ccc(-c3ccc4ccccc4c3)cc2)c2ccc3c(c2)sc2ccccc23)cc1. The summed E-state index contributed by atoms with van der Waals surface area (Å²) >= 11 is 1.86. The molecule has 244 valence electrons. The molecule has 10 aromatic rings. The Kier molecular flexibility index (Phi) is 7.41. The van der Waals surface area contributed by atoms with E-state index in [4.69, 9.17) is 0 Å². The number of hydrogen-bond acceptors (Lipinski definition) is 2. The molecule has 0 aliphatic rings. The summed E-state index contributed by atoms with van der Waals surface area (Å²) < 4.78 is 2.59. The lowest BCUT2D eigenvalue weighted by atomic mass is 9.94. The van der Waals surface area contributed by atoms with E-state index in [1.807, 2.05) is 11.3 Å². The average molecular weight is 680 g/mol. The second kappa shape index (κ2) is 12.7. The summed E-state index contributed by atoms with van der Waals surface area (Å²) in [6.45, 7) is 0. The number of rotatable bonds is 6. The van der Waals surface area contributed by atoms with Crippen LogP contribution < -0.4 is 4.90 Å². The highest BCUT2D eigenvalue weighted by atomic mass is 32.1. The lowest BCUT2D eigenvalue weighted by molar-refractivity contribution is 1.29. The van der Waals surface area contributed by atoms with Gasteiger partial charge >= 0.3 is 0 Å². The number of anilines is 3. The molecule has 10 rings (SSSR count). The van der Waals surface area contributed by atoms with Crippen molar-refractivity contribution in [1.82, 2.24) is 0 Å². The molecule has 0 unspecified atom stereocenters. The molecule has 0 atom stereocenters. The van der Waals surface area contributed by atoms with Gasteiger partial charge in [-0.15, -0.1) is 11.3 Å². The molecule has 52 heavy (non-hydrogen) atoms. The lowest BCUT2D eigenvalue weighted by Crippen LogP contribution is -2.11. The van der Waals surface area contributed by atoms with E-state index in [0.717, 1.165) is 17.1 Å². The Bertz CT molecular complexity index is 2900. The van der Waals surface area contributed by atoms with Gasteiger partial charge in [0, 0.05) is 37.1 Å². The second-order valence-corrected chi connectivity index (χ2v) is 14.4. The monoisotopic (exact) mass is 679 g/mol. The van der Waals surface area contributed by atoms with Crippen LogP contribution >= 0.6 is 11.3 Å². The summed E-state index contributed by atoms with van der Waals surface area (Å²) in [5.41, 5.74) is 10.6. The van der Waals surface area contributed by atoms with Crippen molar-refractivity contribution in [2.45, 2.75) is 0 Å². The zero-order valence-electron chi connectivity index (χ0n) is 28.4. The van der Waals surface area contributed by atoms with E-state index in [1.54, 1.807) is 0 Å². The third-order valence-corrected chi connectivity index (χ3v) is 11.4. The van der Waals surface area contributed by atoms with Gasteiger partial charge in [0.1, 0.15) is 0 Å². The van der Waals surface area contributed by atoms with Gasteiger partial charge in [0.15, 0.2) is 0 Å². The maximum atomic E-state index is 2.45. The predicted molar refractivity (Wildman–Crippen MR) is 225 cm³/mol. The first-order valence-corrected chi connectivity index (χ1v) is 18.6. The van der Waals surface area contributed by atoms with Gasteiger partial charge in [0.25, 0.3) is 0 Å². The Hall–Kier alpha value is -6.48. The largest absolute Gasteiger partial charge is 0.310 e. The maximum Gasteiger partial charge on any atom is 0.0546 e. The van der Waals surface area contributed by atoms with Crippen molar-refractivity contribution in [2.24, 2.45) is 0 Å². The third-order valence-electron chi connectivity index (χ3n) is 10.3. The first-order valence-electron chi connectivity index (χ1n) is 17.8. The van der Waals surface area contributed by atoms with Crippen LogP contribution in [0.3, 0.4) is 0 Å². The molecule has 0 amide bonds. The van der Waals surface area contributed by atoms with Gasteiger partial charge in [-0.2, -0.15) is 0 Å². The smallest absolute Gasteiger partial charge is 0.0546 e. The average Bonchev–Trinajstić information content (AvgIpc) is 3.59. The van der Waals surface area contributed by atoms with E-state index in [2.05, 4.69) is 205 Å². The molecule has 0 aliphatic carbocycles. The van der Waals surface area contributed by atoms with E-state index in [1.165, 1.54) is 75.1 Å². The number of benzene rings is 9. The van der Waals surface area contributed by atoms with Crippen LogP contribution in [0.2, 0.25) is 0 Å². The fraction of sp³-hybridized carbons (Fsp3) is 0. The van der Waals surface area contributed by atoms with Crippen molar-refractivity contribution in [1.29, 1.82) is 0 Å². The fourth-order valence-electron chi connectivity index (χ4n) is 7.68. The van der Waals surface area contributed by atoms with Crippen LogP contribution in [0.15, 0.2) is 200 Å². The minimum atomic E-state index is 1.11. The fourth-order valence-corrected chi connectivity index (χ4v) is 8.82. The molecule has 0 saturated heterocycles. The standard InChI is InChI=1S/C50H33NS/c1-2-12-37(13-3-1)45-29-25-40(44-19-10-16-36-14-6-7-17-43(36)44)32-48(45)51(42-28-30-47-46-18-8-9-20-49(46)52-50(47)33-42)41-26-23-35(24-27-41)39-22-21-34-11-4-5-15-38(34)31-39/h1-33H. The highest BCUT2D eigenvalue weighted by Gasteiger charge is 2.20. The van der Waals surface area contributed by atoms with Crippen molar-refractivity contribution in [3.8, 4) is 33.4 Å². The molecule has 0 spiro atoms. The number of hydrogen-bond donors (Lipinski definition) is 0. The Morgan fingerprint density at radius 2 is 0.962 bits per heavy atom. The van der Waals surface area contributed by atoms with Gasteiger partial charge in [-0.25, -0.2) is 0 Å². The predicted octanol–water partition coefficient (Wildman–Crippen LogP) is 14.8. The van der Waals surface area contributed by atoms with E-state index < -0.39 is 0 Å². The minimum absolute atomic E-state index is 1.11. The summed E-state index contributed by atoms with van der Waals surface area (Å²) in [5.74, 6) is 0. The van der Waals surface area contributed by atoms with Crippen molar-refractivity contribution in [3.63, 3.8) is 0 Å². The highest BCUT2D eigenvalue weighted by molar-refractivity contribution is 7.25. The molecular formula is C50H33NS. The topological polar surface area (TPSA) is 3.24 Å². The Balaban J connectivity index is 1.20. The molecule has 0 N–H and O–H groups in total. The number of fused-ring (bicyclic) bond motifs is 5. The van der Waals surface area contributed by atoms with Gasteiger partial charge in [-0.05, 0) is 91.8 Å². The Labute approximate surface area is 307 Å². The Morgan fingerprint density at radius 3 is 1.83 bits per heavy atom. The molecule has 0 radical (unpaired) electrons. The van der Waals surface area contributed by atoms with Crippen LogP contribution in [0.5, 0.6) is 0 Å². The first-order chi connectivity index (χ1) is 25.8. The molecule has 0 aliphatic heterocycles. The quantitative estimate of drug-likeness (QED) is 0.169. The van der Waals surface area contributed by atoms with Crippen molar-refractivity contribution in [2.75, 3.05) is 4.90 Å². The molecule has 9 aromatic carbocycles. The molecule has 1 nitrogen and oxygen atoms in total. The molecule has 0 bridgehead atoms. The van der Waals surface area contributed by atoms with Gasteiger partial charge in [0.05, 0.1) is 5.69 Å². The van der Waals surface area contributed by atoms with Gasteiger partial charge < -0.3 is 4.90 Å². The summed E-state index contributed by atoms with van der Waals surface area (Å²) in [4.78, 5) is 2.45. The Morgan fingerprint density at radius 1 is 0.308 bits per heavy atom. The minimum Gasteiger partial charge on any atom is -0.310 e. The van der Waals surface area contributed by atoms with Gasteiger partial charge in [-0.1, -0.05) is 158 Å². The van der Waals surface area contributed by atoms with E-state index in [-0.39, 0.29) is 0 Å². The van der Waals surface area contributed by atoms with Crippen molar-refractivity contribution >= 4 is 70.1 Å². The summed E-state index contributed by atoms with van der Waals surface area (Å²) in [7, 11) is 0. The zero-order chi connectivity index (χ0) is 34.4. The number of nitrogens with zero attached hydrogens (tertiary/aromatic N) is 1. The molecule has 2 heteroatoms. The van der Waals surface area contributed by atoms with E-state index in [9.17, 15) is 0 Å². The summed E-state index contributed by atoms with van der Waals surface area (Å²) in [6, 6.07) is 73.1. The maximum absolute atomic E-state index is 2.45. The van der Waals surface area contributed by atoms with Crippen LogP contribution in [0.4, 0.5) is 17.1 Å². The van der Waals surface area contributed by atoms with Crippen molar-refractivity contribution < 1.29 is 0 Å². The van der Waals surface area contributed by atoms with E-state index in [0.29, 0.717) is 0 Å². The van der Waals surface area contributed by atoms with Crippen molar-refractivity contribution in [3.05, 3.63) is 200 Å². The first kappa shape index (κ1) is 30.4. The second-order valence-electron chi connectivity index (χ2n) is 13.3.